The number of aliphatic hydroxyl groups is 1. The minimum absolute atomic E-state index is 0.0139. The Kier molecular flexibility index (Phi) is 4.50. The van der Waals surface area contributed by atoms with E-state index < -0.39 is 6.04 Å². The Morgan fingerprint density at radius 1 is 1.42 bits per heavy atom. The van der Waals surface area contributed by atoms with Gasteiger partial charge in [0.2, 0.25) is 5.91 Å². The number of hydrogen-bond acceptors (Lipinski definition) is 4. The summed E-state index contributed by atoms with van der Waals surface area (Å²) in [6.07, 6.45) is 1.73. The molecule has 1 aliphatic heterocycles. The molecule has 2 rings (SSSR count). The Bertz CT molecular complexity index is 424. The van der Waals surface area contributed by atoms with Gasteiger partial charge in [-0.3, -0.25) is 14.7 Å². The number of aromatic nitrogens is 1. The Hall–Kier alpha value is -1.46. The molecule has 0 spiro atoms. The minimum Gasteiger partial charge on any atom is -0.394 e. The monoisotopic (exact) mass is 263 g/mol. The summed E-state index contributed by atoms with van der Waals surface area (Å²) < 4.78 is 0. The van der Waals surface area contributed by atoms with Crippen LogP contribution in [0.4, 0.5) is 0 Å². The summed E-state index contributed by atoms with van der Waals surface area (Å²) in [4.78, 5) is 20.4. The highest BCUT2D eigenvalue weighted by atomic mass is 16.3. The lowest BCUT2D eigenvalue weighted by Gasteiger charge is -2.26. The number of nitrogens with zero attached hydrogens (tertiary/aromatic N) is 3. The lowest BCUT2D eigenvalue weighted by molar-refractivity contribution is -0.137. The molecule has 104 valence electrons. The number of rotatable bonds is 3. The maximum Gasteiger partial charge on any atom is 0.242 e. The summed E-state index contributed by atoms with van der Waals surface area (Å²) in [5, 5.41) is 9.42. The predicted octanol–water partition coefficient (Wildman–Crippen LogP) is 0.353. The maximum atomic E-state index is 12.4. The molecular formula is C14H21N3O2. The van der Waals surface area contributed by atoms with Gasteiger partial charge >= 0.3 is 0 Å². The number of amides is 1. The molecule has 1 aromatic rings. The second kappa shape index (κ2) is 6.12. The van der Waals surface area contributed by atoms with E-state index in [1.807, 2.05) is 30.1 Å². The molecule has 2 heterocycles. The van der Waals surface area contributed by atoms with Crippen LogP contribution in [0.5, 0.6) is 0 Å². The quantitative estimate of drug-likeness (QED) is 0.855. The first-order valence-corrected chi connectivity index (χ1v) is 6.61. The van der Waals surface area contributed by atoms with Crippen LogP contribution in [-0.2, 0) is 11.3 Å². The third-order valence-electron chi connectivity index (χ3n) is 3.51. The predicted molar refractivity (Wildman–Crippen MR) is 72.3 cm³/mol. The summed E-state index contributed by atoms with van der Waals surface area (Å²) in [5.41, 5.74) is 0.879. The second-order valence-electron chi connectivity index (χ2n) is 5.28. The fourth-order valence-electron chi connectivity index (χ4n) is 2.59. The Balaban J connectivity index is 2.15. The fourth-order valence-corrected chi connectivity index (χ4v) is 2.59. The van der Waals surface area contributed by atoms with Crippen LogP contribution in [-0.4, -0.2) is 58.6 Å². The molecule has 1 N–H and O–H groups in total. The Labute approximate surface area is 113 Å². The molecule has 5 heteroatoms. The van der Waals surface area contributed by atoms with Crippen molar-refractivity contribution in [1.29, 1.82) is 0 Å². The summed E-state index contributed by atoms with van der Waals surface area (Å²) in [6.45, 7) is 4.01. The zero-order chi connectivity index (χ0) is 13.8. The zero-order valence-electron chi connectivity index (χ0n) is 11.5. The van der Waals surface area contributed by atoms with Gasteiger partial charge in [-0.25, -0.2) is 0 Å². The number of carbonyl (C=O) groups excluding carboxylic acids is 1. The average molecular weight is 263 g/mol. The Morgan fingerprint density at radius 2 is 2.21 bits per heavy atom. The first-order valence-electron chi connectivity index (χ1n) is 6.61. The van der Waals surface area contributed by atoms with E-state index >= 15 is 0 Å². The van der Waals surface area contributed by atoms with Crippen LogP contribution < -0.4 is 0 Å². The molecule has 0 radical (unpaired) electrons. The van der Waals surface area contributed by atoms with E-state index in [1.165, 1.54) is 0 Å². The van der Waals surface area contributed by atoms with Crippen molar-refractivity contribution >= 4 is 5.91 Å². The number of likely N-dealkylation sites (N-methyl/N-ethyl adjacent to an activating group) is 1. The Morgan fingerprint density at radius 3 is 2.84 bits per heavy atom. The molecular weight excluding hydrogens is 242 g/mol. The van der Waals surface area contributed by atoms with Gasteiger partial charge in [0.15, 0.2) is 0 Å². The maximum absolute atomic E-state index is 12.4. The van der Waals surface area contributed by atoms with E-state index in [-0.39, 0.29) is 12.5 Å². The van der Waals surface area contributed by atoms with Gasteiger partial charge in [0.1, 0.15) is 6.04 Å². The van der Waals surface area contributed by atoms with Crippen LogP contribution in [0.25, 0.3) is 0 Å². The van der Waals surface area contributed by atoms with Gasteiger partial charge in [0, 0.05) is 19.3 Å². The molecule has 1 saturated heterocycles. The molecule has 1 fully saturated rings. The van der Waals surface area contributed by atoms with Crippen molar-refractivity contribution in [2.45, 2.75) is 19.5 Å². The van der Waals surface area contributed by atoms with Crippen molar-refractivity contribution < 1.29 is 9.90 Å². The second-order valence-corrected chi connectivity index (χ2v) is 5.28. The standard InChI is InChI=1S/C14H21N3O2/c1-11-7-16(2)13(10-18)14(19)17(8-11)9-12-5-3-4-6-15-12/h3-6,11,13,18H,7-10H2,1-2H3. The van der Waals surface area contributed by atoms with Crippen LogP contribution in [0.3, 0.4) is 0 Å². The third kappa shape index (κ3) is 3.30. The smallest absolute Gasteiger partial charge is 0.242 e. The number of aliphatic hydroxyl groups excluding tert-OH is 1. The SMILES string of the molecule is CC1CN(Cc2ccccn2)C(=O)C(CO)N(C)C1. The molecule has 2 atom stereocenters. The highest BCUT2D eigenvalue weighted by Crippen LogP contribution is 2.15. The van der Waals surface area contributed by atoms with Gasteiger partial charge in [-0.2, -0.15) is 0 Å². The number of carbonyl (C=O) groups is 1. The van der Waals surface area contributed by atoms with Crippen LogP contribution in [0.2, 0.25) is 0 Å². The lowest BCUT2D eigenvalue weighted by atomic mass is 10.1. The van der Waals surface area contributed by atoms with Crippen molar-refractivity contribution in [3.63, 3.8) is 0 Å². The van der Waals surface area contributed by atoms with Crippen molar-refractivity contribution in [2.24, 2.45) is 5.92 Å². The molecule has 0 saturated carbocycles. The molecule has 0 bridgehead atoms. The largest absolute Gasteiger partial charge is 0.394 e. The van der Waals surface area contributed by atoms with E-state index in [0.717, 1.165) is 12.2 Å². The van der Waals surface area contributed by atoms with Crippen LogP contribution in [0.15, 0.2) is 24.4 Å². The first kappa shape index (κ1) is 14.0. The third-order valence-corrected chi connectivity index (χ3v) is 3.51. The van der Waals surface area contributed by atoms with E-state index in [0.29, 0.717) is 19.0 Å². The topological polar surface area (TPSA) is 56.7 Å². The highest BCUT2D eigenvalue weighted by molar-refractivity contribution is 5.82. The highest BCUT2D eigenvalue weighted by Gasteiger charge is 2.32. The molecule has 19 heavy (non-hydrogen) atoms. The van der Waals surface area contributed by atoms with Crippen LogP contribution in [0.1, 0.15) is 12.6 Å². The fraction of sp³-hybridized carbons (Fsp3) is 0.571. The first-order chi connectivity index (χ1) is 9.11. The molecule has 0 aliphatic carbocycles. The van der Waals surface area contributed by atoms with Gasteiger partial charge in [0.25, 0.3) is 0 Å². The summed E-state index contributed by atoms with van der Waals surface area (Å²) in [5.74, 6) is 0.370. The van der Waals surface area contributed by atoms with Gasteiger partial charge in [-0.15, -0.1) is 0 Å². The van der Waals surface area contributed by atoms with Crippen molar-refractivity contribution in [3.05, 3.63) is 30.1 Å². The normalized spacial score (nSPS) is 25.4. The van der Waals surface area contributed by atoms with Crippen molar-refractivity contribution in [3.8, 4) is 0 Å². The molecule has 1 aliphatic rings. The van der Waals surface area contributed by atoms with Crippen molar-refractivity contribution in [2.75, 3.05) is 26.7 Å². The van der Waals surface area contributed by atoms with E-state index in [4.69, 9.17) is 0 Å². The minimum atomic E-state index is -0.436. The lowest BCUT2D eigenvalue weighted by Crippen LogP contribution is -2.46. The van der Waals surface area contributed by atoms with E-state index in [9.17, 15) is 9.90 Å². The number of hydrogen-bond donors (Lipinski definition) is 1. The van der Waals surface area contributed by atoms with Gasteiger partial charge in [0.05, 0.1) is 18.8 Å². The van der Waals surface area contributed by atoms with Crippen LogP contribution in [0, 0.1) is 5.92 Å². The van der Waals surface area contributed by atoms with Gasteiger partial charge < -0.3 is 10.0 Å². The number of pyridine rings is 1. The molecule has 0 aromatic carbocycles. The van der Waals surface area contributed by atoms with E-state index in [1.54, 1.807) is 11.1 Å². The van der Waals surface area contributed by atoms with Crippen molar-refractivity contribution in [1.82, 2.24) is 14.8 Å². The van der Waals surface area contributed by atoms with Gasteiger partial charge in [-0.1, -0.05) is 13.0 Å². The van der Waals surface area contributed by atoms with E-state index in [2.05, 4.69) is 11.9 Å². The summed E-state index contributed by atoms with van der Waals surface area (Å²) >= 11 is 0. The summed E-state index contributed by atoms with van der Waals surface area (Å²) in [7, 11) is 1.89. The van der Waals surface area contributed by atoms with Gasteiger partial charge in [-0.05, 0) is 25.1 Å². The molecule has 1 amide bonds. The molecule has 1 aromatic heterocycles. The molecule has 5 nitrogen and oxygen atoms in total. The van der Waals surface area contributed by atoms with Crippen LogP contribution >= 0.6 is 0 Å². The zero-order valence-corrected chi connectivity index (χ0v) is 11.5. The summed E-state index contributed by atoms with van der Waals surface area (Å²) in [6, 6.07) is 5.26. The average Bonchev–Trinajstić information content (AvgIpc) is 2.48. The molecule has 2 unspecified atom stereocenters.